The number of hydrogen-bond donors (Lipinski definition) is 2. The lowest BCUT2D eigenvalue weighted by Gasteiger charge is -2.19. The Morgan fingerprint density at radius 1 is 1.30 bits per heavy atom. The zero-order chi connectivity index (χ0) is 19.5. The Balaban J connectivity index is 1.64. The van der Waals surface area contributed by atoms with E-state index >= 15 is 0 Å². The Bertz CT molecular complexity index is 803. The van der Waals surface area contributed by atoms with E-state index < -0.39 is 0 Å². The van der Waals surface area contributed by atoms with Crippen molar-refractivity contribution in [1.82, 2.24) is 15.6 Å². The zero-order valence-corrected chi connectivity index (χ0v) is 16.6. The van der Waals surface area contributed by atoms with Crippen LogP contribution in [0.25, 0.3) is 0 Å². The molecule has 146 valence electrons. The monoisotopic (exact) mass is 372 g/mol. The van der Waals surface area contributed by atoms with Crippen LogP contribution in [0, 0.1) is 5.82 Å². The highest BCUT2D eigenvalue weighted by molar-refractivity contribution is 5.79. The molecule has 1 aromatic carbocycles. The van der Waals surface area contributed by atoms with Gasteiger partial charge in [-0.3, -0.25) is 0 Å². The Morgan fingerprint density at radius 3 is 2.67 bits per heavy atom. The van der Waals surface area contributed by atoms with E-state index in [4.69, 9.17) is 4.42 Å². The molecule has 0 saturated heterocycles. The van der Waals surface area contributed by atoms with Crippen LogP contribution in [0.1, 0.15) is 57.8 Å². The van der Waals surface area contributed by atoms with E-state index in [1.54, 1.807) is 18.3 Å². The molecule has 0 unspecified atom stereocenters. The first-order chi connectivity index (χ1) is 12.8. The van der Waals surface area contributed by atoms with Gasteiger partial charge in [-0.2, -0.15) is 0 Å². The number of rotatable bonds is 6. The lowest BCUT2D eigenvalue weighted by atomic mass is 9.94. The molecule has 1 heterocycles. The van der Waals surface area contributed by atoms with Crippen LogP contribution >= 0.6 is 0 Å². The van der Waals surface area contributed by atoms with Crippen molar-refractivity contribution in [2.75, 3.05) is 13.1 Å². The number of aromatic nitrogens is 1. The summed E-state index contributed by atoms with van der Waals surface area (Å²) in [5.74, 6) is 1.99. The van der Waals surface area contributed by atoms with Crippen molar-refractivity contribution in [2.45, 2.75) is 57.9 Å². The van der Waals surface area contributed by atoms with Crippen LogP contribution in [-0.2, 0) is 17.4 Å². The second kappa shape index (κ2) is 7.71. The van der Waals surface area contributed by atoms with Crippen molar-refractivity contribution in [2.24, 2.45) is 4.99 Å². The van der Waals surface area contributed by atoms with Gasteiger partial charge >= 0.3 is 0 Å². The lowest BCUT2D eigenvalue weighted by Crippen LogP contribution is -2.41. The van der Waals surface area contributed by atoms with Crippen LogP contribution < -0.4 is 10.6 Å². The fourth-order valence-corrected chi connectivity index (χ4v) is 3.01. The third-order valence-electron chi connectivity index (χ3n) is 4.89. The number of hydrogen-bond acceptors (Lipinski definition) is 3. The number of nitrogens with zero attached hydrogens (tertiary/aromatic N) is 2. The molecule has 0 aliphatic heterocycles. The molecule has 3 rings (SSSR count). The Labute approximate surface area is 160 Å². The summed E-state index contributed by atoms with van der Waals surface area (Å²) < 4.78 is 19.4. The molecule has 1 aliphatic rings. The fraction of sp³-hybridized carbons (Fsp3) is 0.524. The first-order valence-corrected chi connectivity index (χ1v) is 9.56. The van der Waals surface area contributed by atoms with E-state index in [1.807, 2.05) is 13.0 Å². The normalized spacial score (nSPS) is 16.3. The summed E-state index contributed by atoms with van der Waals surface area (Å²) in [6, 6.07) is 6.91. The van der Waals surface area contributed by atoms with Gasteiger partial charge in [0.25, 0.3) is 0 Å². The van der Waals surface area contributed by atoms with Gasteiger partial charge in [-0.15, -0.1) is 0 Å². The summed E-state index contributed by atoms with van der Waals surface area (Å²) in [7, 11) is 0. The summed E-state index contributed by atoms with van der Waals surface area (Å²) >= 11 is 0. The summed E-state index contributed by atoms with van der Waals surface area (Å²) in [4.78, 5) is 8.91. The summed E-state index contributed by atoms with van der Waals surface area (Å²) in [6.45, 7) is 10.2. The molecule has 0 radical (unpaired) electrons. The van der Waals surface area contributed by atoms with Crippen LogP contribution in [0.15, 0.2) is 39.9 Å². The smallest absolute Gasteiger partial charge is 0.216 e. The molecule has 0 bridgehead atoms. The quantitative estimate of drug-likeness (QED) is 0.596. The van der Waals surface area contributed by atoms with Crippen LogP contribution in [0.2, 0.25) is 0 Å². The van der Waals surface area contributed by atoms with Crippen molar-refractivity contribution in [1.29, 1.82) is 0 Å². The van der Waals surface area contributed by atoms with E-state index in [2.05, 4.69) is 41.4 Å². The molecule has 2 aromatic rings. The number of aliphatic imine (C=N–C) groups is 1. The van der Waals surface area contributed by atoms with Gasteiger partial charge in [-0.25, -0.2) is 14.4 Å². The van der Waals surface area contributed by atoms with E-state index in [0.717, 1.165) is 43.2 Å². The molecule has 1 aromatic heterocycles. The molecule has 0 amide bonds. The van der Waals surface area contributed by atoms with Crippen molar-refractivity contribution in [3.63, 3.8) is 0 Å². The van der Waals surface area contributed by atoms with Gasteiger partial charge < -0.3 is 15.1 Å². The minimum Gasteiger partial charge on any atom is -0.443 e. The second-order valence-electron chi connectivity index (χ2n) is 8.21. The highest BCUT2D eigenvalue weighted by Gasteiger charge is 2.44. The number of guanidine groups is 1. The minimum atomic E-state index is -0.183. The van der Waals surface area contributed by atoms with Gasteiger partial charge in [0.05, 0.1) is 6.20 Å². The number of benzene rings is 1. The zero-order valence-electron chi connectivity index (χ0n) is 16.6. The van der Waals surface area contributed by atoms with Gasteiger partial charge in [0.2, 0.25) is 5.89 Å². The van der Waals surface area contributed by atoms with Gasteiger partial charge in [-0.1, -0.05) is 32.9 Å². The second-order valence-corrected chi connectivity index (χ2v) is 8.21. The SMILES string of the molecule is CCNC(=NCc1ncc(C(C)(C)C)o1)NCC1(c2cccc(F)c2)CC1. The molecule has 2 N–H and O–H groups in total. The maximum Gasteiger partial charge on any atom is 0.216 e. The van der Waals surface area contributed by atoms with E-state index in [9.17, 15) is 4.39 Å². The highest BCUT2D eigenvalue weighted by atomic mass is 19.1. The molecular formula is C21H29FN4O. The van der Waals surface area contributed by atoms with Gasteiger partial charge in [-0.05, 0) is 37.5 Å². The largest absolute Gasteiger partial charge is 0.443 e. The van der Waals surface area contributed by atoms with E-state index in [1.165, 1.54) is 6.07 Å². The first-order valence-electron chi connectivity index (χ1n) is 9.56. The molecule has 0 spiro atoms. The van der Waals surface area contributed by atoms with E-state index in [-0.39, 0.29) is 16.6 Å². The number of halogens is 1. The van der Waals surface area contributed by atoms with Crippen LogP contribution in [0.3, 0.4) is 0 Å². The molecule has 6 heteroatoms. The maximum absolute atomic E-state index is 13.6. The summed E-state index contributed by atoms with van der Waals surface area (Å²) in [5, 5.41) is 6.64. The van der Waals surface area contributed by atoms with Crippen LogP contribution in [0.5, 0.6) is 0 Å². The van der Waals surface area contributed by atoms with Gasteiger partial charge in [0.15, 0.2) is 5.96 Å². The summed E-state index contributed by atoms with van der Waals surface area (Å²) in [5.41, 5.74) is 0.982. The molecule has 1 saturated carbocycles. The average Bonchev–Trinajstić information content (AvgIpc) is 3.25. The molecule has 1 aliphatic carbocycles. The molecule has 1 fully saturated rings. The predicted octanol–water partition coefficient (Wildman–Crippen LogP) is 3.90. The first kappa shape index (κ1) is 19.4. The third-order valence-corrected chi connectivity index (χ3v) is 4.89. The molecule has 27 heavy (non-hydrogen) atoms. The number of nitrogens with one attached hydrogen (secondary N) is 2. The van der Waals surface area contributed by atoms with Crippen LogP contribution in [0.4, 0.5) is 4.39 Å². The Morgan fingerprint density at radius 2 is 2.07 bits per heavy atom. The Kier molecular flexibility index (Phi) is 5.53. The van der Waals surface area contributed by atoms with Gasteiger partial charge in [0, 0.05) is 23.9 Å². The molecule has 5 nitrogen and oxygen atoms in total. The lowest BCUT2D eigenvalue weighted by molar-refractivity contribution is 0.383. The van der Waals surface area contributed by atoms with Crippen molar-refractivity contribution < 1.29 is 8.81 Å². The van der Waals surface area contributed by atoms with Crippen molar-refractivity contribution in [3.8, 4) is 0 Å². The number of oxazole rings is 1. The van der Waals surface area contributed by atoms with Crippen LogP contribution in [-0.4, -0.2) is 24.0 Å². The molecular weight excluding hydrogens is 343 g/mol. The average molecular weight is 372 g/mol. The minimum absolute atomic E-state index is 0.000623. The highest BCUT2D eigenvalue weighted by Crippen LogP contribution is 2.47. The topological polar surface area (TPSA) is 62.5 Å². The van der Waals surface area contributed by atoms with E-state index in [0.29, 0.717) is 12.4 Å². The van der Waals surface area contributed by atoms with Gasteiger partial charge in [0.1, 0.15) is 18.1 Å². The third kappa shape index (κ3) is 4.87. The maximum atomic E-state index is 13.6. The standard InChI is InChI=1S/C21H29FN4O/c1-5-23-19(25-13-18-24-12-17(27-18)20(2,3)4)26-14-21(9-10-21)15-7-6-8-16(22)11-15/h6-8,11-12H,5,9-10,13-14H2,1-4H3,(H2,23,25,26). The fourth-order valence-electron chi connectivity index (χ4n) is 3.01. The summed E-state index contributed by atoms with van der Waals surface area (Å²) in [6.07, 6.45) is 3.88. The Hall–Kier alpha value is -2.37. The predicted molar refractivity (Wildman–Crippen MR) is 105 cm³/mol. The van der Waals surface area contributed by atoms with Crippen molar-refractivity contribution in [3.05, 3.63) is 53.5 Å². The van der Waals surface area contributed by atoms with Crippen molar-refractivity contribution >= 4 is 5.96 Å². The molecule has 0 atom stereocenters.